The maximum absolute atomic E-state index is 13.6. The number of nitrogens with zero attached hydrogens (tertiary/aromatic N) is 4. The van der Waals surface area contributed by atoms with Crippen LogP contribution < -0.4 is 9.47 Å². The summed E-state index contributed by atoms with van der Waals surface area (Å²) >= 11 is 7.83. The van der Waals surface area contributed by atoms with Gasteiger partial charge in [-0.05, 0) is 68.3 Å². The lowest BCUT2D eigenvalue weighted by atomic mass is 10.1. The molecule has 0 saturated carbocycles. The summed E-state index contributed by atoms with van der Waals surface area (Å²) in [5.41, 5.74) is 3.17. The minimum atomic E-state index is -0.647. The predicted molar refractivity (Wildman–Crippen MR) is 145 cm³/mol. The van der Waals surface area contributed by atoms with E-state index in [0.717, 1.165) is 11.3 Å². The first kappa shape index (κ1) is 27.4. The Labute approximate surface area is 228 Å². The van der Waals surface area contributed by atoms with Gasteiger partial charge in [0.05, 0.1) is 11.6 Å². The van der Waals surface area contributed by atoms with Crippen LogP contribution in [0.5, 0.6) is 11.5 Å². The molecule has 0 spiro atoms. The zero-order valence-electron chi connectivity index (χ0n) is 21.1. The summed E-state index contributed by atoms with van der Waals surface area (Å²) in [5.74, 6) is 0.915. The molecule has 0 aliphatic carbocycles. The van der Waals surface area contributed by atoms with Gasteiger partial charge in [-0.15, -0.1) is 10.2 Å². The summed E-state index contributed by atoms with van der Waals surface area (Å²) in [6, 6.07) is 17.2. The van der Waals surface area contributed by atoms with Gasteiger partial charge in [0.1, 0.15) is 23.5 Å². The number of rotatable bonds is 11. The van der Waals surface area contributed by atoms with Crippen molar-refractivity contribution in [1.82, 2.24) is 14.8 Å². The lowest BCUT2D eigenvalue weighted by Crippen LogP contribution is -2.12. The van der Waals surface area contributed by atoms with Gasteiger partial charge in [0.25, 0.3) is 0 Å². The third kappa shape index (κ3) is 6.62. The average molecular weight is 557 g/mol. The number of aryl methyl sites for hydroxylation is 2. The van der Waals surface area contributed by atoms with E-state index in [1.807, 2.05) is 49.6 Å². The number of hydrogen-bond donors (Lipinski definition) is 0. The summed E-state index contributed by atoms with van der Waals surface area (Å²) in [4.78, 5) is 11.3. The molecule has 8 nitrogen and oxygen atoms in total. The highest BCUT2D eigenvalue weighted by Crippen LogP contribution is 2.43. The van der Waals surface area contributed by atoms with E-state index in [2.05, 4.69) is 10.2 Å². The van der Waals surface area contributed by atoms with Crippen molar-refractivity contribution in [2.24, 2.45) is 0 Å². The molecule has 0 radical (unpaired) electrons. The number of thioether (sulfide) groups is 1. The Bertz CT molecular complexity index is 1430. The van der Waals surface area contributed by atoms with E-state index in [4.69, 9.17) is 21.1 Å². The van der Waals surface area contributed by atoms with E-state index >= 15 is 0 Å². The van der Waals surface area contributed by atoms with Crippen molar-refractivity contribution >= 4 is 23.4 Å². The van der Waals surface area contributed by atoms with Crippen LogP contribution >= 0.6 is 23.4 Å². The number of ether oxygens (including phenoxy) is 2. The van der Waals surface area contributed by atoms with Gasteiger partial charge < -0.3 is 9.47 Å². The quantitative estimate of drug-likeness (QED) is 0.114. The zero-order valence-corrected chi connectivity index (χ0v) is 22.6. The molecule has 0 amide bonds. The van der Waals surface area contributed by atoms with Crippen molar-refractivity contribution in [2.75, 3.05) is 13.2 Å². The molecule has 38 heavy (non-hydrogen) atoms. The van der Waals surface area contributed by atoms with Gasteiger partial charge in [0, 0.05) is 10.6 Å². The smallest absolute Gasteiger partial charge is 0.220 e. The van der Waals surface area contributed by atoms with Gasteiger partial charge in [-0.25, -0.2) is 4.39 Å². The number of halogens is 2. The highest BCUT2D eigenvalue weighted by molar-refractivity contribution is 7.99. The van der Waals surface area contributed by atoms with Crippen molar-refractivity contribution in [3.8, 4) is 17.2 Å². The molecule has 4 rings (SSSR count). The van der Waals surface area contributed by atoms with Crippen LogP contribution in [-0.2, 0) is 6.61 Å². The minimum absolute atomic E-state index is 0.0723. The highest BCUT2D eigenvalue weighted by atomic mass is 35.5. The second-order valence-electron chi connectivity index (χ2n) is 8.50. The summed E-state index contributed by atoms with van der Waals surface area (Å²) in [6.45, 7) is 5.65. The fourth-order valence-electron chi connectivity index (χ4n) is 3.84. The molecule has 1 heterocycles. The van der Waals surface area contributed by atoms with Crippen molar-refractivity contribution in [3.63, 3.8) is 0 Å². The third-order valence-electron chi connectivity index (χ3n) is 5.63. The molecular formula is C27H26ClFN4O4S. The van der Waals surface area contributed by atoms with Crippen LogP contribution in [0.15, 0.2) is 65.8 Å². The maximum atomic E-state index is 13.6. The molecule has 1 atom stereocenters. The van der Waals surface area contributed by atoms with E-state index in [1.165, 1.54) is 23.9 Å². The summed E-state index contributed by atoms with van der Waals surface area (Å²) in [5, 5.41) is 20.2. The Hall–Kier alpha value is -3.63. The SMILES string of the molecule is CCOc1cc([C@H](C[N+](=O)[O-])Sc2nnc(C)n2-c2ccc(C)cc2)cc(Cl)c1OCc1cccc(F)c1. The normalized spacial score (nSPS) is 11.8. The van der Waals surface area contributed by atoms with E-state index in [0.29, 0.717) is 34.5 Å². The van der Waals surface area contributed by atoms with Gasteiger partial charge in [-0.1, -0.05) is 53.2 Å². The standard InChI is InChI=1S/C27H26ClFN4O4S/c1-4-36-24-14-20(13-23(28)26(24)37-16-19-6-5-7-21(29)12-19)25(15-32(34)35)38-27-31-30-18(3)33(27)22-10-8-17(2)9-11-22/h5-14,25H,4,15-16H2,1-3H3/t25-/m0/s1. The summed E-state index contributed by atoms with van der Waals surface area (Å²) < 4.78 is 27.1. The molecule has 0 aliphatic rings. The number of benzene rings is 3. The predicted octanol–water partition coefficient (Wildman–Crippen LogP) is 6.76. The molecule has 0 aliphatic heterocycles. The van der Waals surface area contributed by atoms with E-state index in [-0.39, 0.29) is 34.7 Å². The largest absolute Gasteiger partial charge is 0.490 e. The number of aromatic nitrogens is 3. The fraction of sp³-hybridized carbons (Fsp3) is 0.259. The van der Waals surface area contributed by atoms with Gasteiger partial charge in [0.15, 0.2) is 16.7 Å². The lowest BCUT2D eigenvalue weighted by Gasteiger charge is -2.19. The van der Waals surface area contributed by atoms with Crippen LogP contribution in [0.1, 0.15) is 34.7 Å². The molecule has 0 unspecified atom stereocenters. The van der Waals surface area contributed by atoms with Gasteiger partial charge in [-0.2, -0.15) is 0 Å². The van der Waals surface area contributed by atoms with Crippen molar-refractivity contribution in [3.05, 3.63) is 104 Å². The number of nitro groups is 1. The second-order valence-corrected chi connectivity index (χ2v) is 10.1. The van der Waals surface area contributed by atoms with E-state index in [1.54, 1.807) is 24.3 Å². The topological polar surface area (TPSA) is 92.3 Å². The van der Waals surface area contributed by atoms with Crippen LogP contribution in [-0.4, -0.2) is 32.8 Å². The molecule has 1 aromatic heterocycles. The Morgan fingerprint density at radius 2 is 1.87 bits per heavy atom. The molecular weight excluding hydrogens is 531 g/mol. The van der Waals surface area contributed by atoms with Gasteiger partial charge in [-0.3, -0.25) is 14.7 Å². The van der Waals surface area contributed by atoms with Crippen LogP contribution in [0.2, 0.25) is 5.02 Å². The Kier molecular flexibility index (Phi) is 8.85. The van der Waals surface area contributed by atoms with Crippen molar-refractivity contribution in [2.45, 2.75) is 37.8 Å². The first-order valence-corrected chi connectivity index (χ1v) is 13.1. The highest BCUT2D eigenvalue weighted by Gasteiger charge is 2.26. The van der Waals surface area contributed by atoms with Gasteiger partial charge in [0.2, 0.25) is 6.54 Å². The molecule has 0 fully saturated rings. The monoisotopic (exact) mass is 556 g/mol. The average Bonchev–Trinajstić information content (AvgIpc) is 3.23. The van der Waals surface area contributed by atoms with Crippen LogP contribution in [0.3, 0.4) is 0 Å². The van der Waals surface area contributed by atoms with E-state index < -0.39 is 5.25 Å². The molecule has 198 valence electrons. The third-order valence-corrected chi connectivity index (χ3v) is 7.09. The maximum Gasteiger partial charge on any atom is 0.220 e. The van der Waals surface area contributed by atoms with Crippen LogP contribution in [0, 0.1) is 29.8 Å². The molecule has 3 aromatic carbocycles. The van der Waals surface area contributed by atoms with Crippen molar-refractivity contribution < 1.29 is 18.8 Å². The van der Waals surface area contributed by atoms with Gasteiger partial charge >= 0.3 is 0 Å². The minimum Gasteiger partial charge on any atom is -0.490 e. The van der Waals surface area contributed by atoms with Crippen molar-refractivity contribution in [1.29, 1.82) is 0 Å². The molecule has 11 heteroatoms. The first-order chi connectivity index (χ1) is 18.2. The number of hydrogen-bond acceptors (Lipinski definition) is 7. The fourth-order valence-corrected chi connectivity index (χ4v) is 5.27. The lowest BCUT2D eigenvalue weighted by molar-refractivity contribution is -0.479. The van der Waals surface area contributed by atoms with E-state index in [9.17, 15) is 14.5 Å². The molecule has 0 N–H and O–H groups in total. The molecule has 0 saturated heterocycles. The Balaban J connectivity index is 1.67. The van der Waals surface area contributed by atoms with Crippen LogP contribution in [0.4, 0.5) is 4.39 Å². The summed E-state index contributed by atoms with van der Waals surface area (Å²) in [6.07, 6.45) is 0. The molecule has 4 aromatic rings. The second kappa shape index (κ2) is 12.3. The Morgan fingerprint density at radius 3 is 2.55 bits per heavy atom. The summed E-state index contributed by atoms with van der Waals surface area (Å²) in [7, 11) is 0. The Morgan fingerprint density at radius 1 is 1.11 bits per heavy atom. The molecule has 0 bridgehead atoms. The van der Waals surface area contributed by atoms with Crippen LogP contribution in [0.25, 0.3) is 5.69 Å². The first-order valence-electron chi connectivity index (χ1n) is 11.9. The zero-order chi connectivity index (χ0) is 27.2.